The fourth-order valence-electron chi connectivity index (χ4n) is 1.46. The number of allylic oxidation sites excluding steroid dienone is 1. The van der Waals surface area contributed by atoms with Crippen LogP contribution >= 0.6 is 0 Å². The van der Waals surface area contributed by atoms with Crippen molar-refractivity contribution in [2.45, 2.75) is 11.9 Å². The molecule has 1 aromatic rings. The molecule has 1 aliphatic carbocycles. The van der Waals surface area contributed by atoms with Gasteiger partial charge >= 0.3 is 15.6 Å². The molecule has 0 aliphatic heterocycles. The summed E-state index contributed by atoms with van der Waals surface area (Å²) in [6.45, 7) is 0. The van der Waals surface area contributed by atoms with Crippen molar-refractivity contribution in [3.63, 3.8) is 0 Å². The van der Waals surface area contributed by atoms with Gasteiger partial charge in [0.2, 0.25) is 0 Å². The van der Waals surface area contributed by atoms with Crippen LogP contribution in [0.4, 0.5) is 13.2 Å². The van der Waals surface area contributed by atoms with Crippen LogP contribution in [0.2, 0.25) is 0 Å². The lowest BCUT2D eigenvalue weighted by molar-refractivity contribution is -0.0500. The summed E-state index contributed by atoms with van der Waals surface area (Å²) in [4.78, 5) is 0. The van der Waals surface area contributed by atoms with Gasteiger partial charge < -0.3 is 4.18 Å². The lowest BCUT2D eigenvalue weighted by atomic mass is 10.1. The van der Waals surface area contributed by atoms with Crippen LogP contribution in [0, 0.1) is 0 Å². The second-order valence-electron chi connectivity index (χ2n) is 3.45. The van der Waals surface area contributed by atoms with E-state index in [4.69, 9.17) is 0 Å². The Morgan fingerprint density at radius 3 is 2.59 bits per heavy atom. The third-order valence-electron chi connectivity index (χ3n) is 2.24. The maximum Gasteiger partial charge on any atom is 0.534 e. The quantitative estimate of drug-likeness (QED) is 0.609. The first-order valence-electron chi connectivity index (χ1n) is 4.60. The third-order valence-corrected chi connectivity index (χ3v) is 3.22. The topological polar surface area (TPSA) is 43.4 Å². The summed E-state index contributed by atoms with van der Waals surface area (Å²) >= 11 is 0. The summed E-state index contributed by atoms with van der Waals surface area (Å²) in [5, 5.41) is 0. The summed E-state index contributed by atoms with van der Waals surface area (Å²) in [6.07, 6.45) is 4.18. The first kappa shape index (κ1) is 12.0. The standard InChI is InChI=1S/C10H7F3O3S/c11-10(12,13)17(14,15)16-9-5-4-7-2-1-3-8(7)6-9/h1-2,4-6H,3H2. The van der Waals surface area contributed by atoms with E-state index in [0.29, 0.717) is 6.42 Å². The van der Waals surface area contributed by atoms with Crippen molar-refractivity contribution < 1.29 is 25.8 Å². The Balaban J connectivity index is 2.27. The maximum absolute atomic E-state index is 12.1. The van der Waals surface area contributed by atoms with E-state index in [1.807, 2.05) is 6.08 Å². The van der Waals surface area contributed by atoms with Crippen LogP contribution < -0.4 is 4.18 Å². The molecule has 0 radical (unpaired) electrons. The lowest BCUT2D eigenvalue weighted by Crippen LogP contribution is -2.28. The average molecular weight is 264 g/mol. The molecule has 17 heavy (non-hydrogen) atoms. The molecule has 0 aromatic heterocycles. The van der Waals surface area contributed by atoms with Crippen LogP contribution in [-0.4, -0.2) is 13.9 Å². The minimum absolute atomic E-state index is 0.329. The van der Waals surface area contributed by atoms with Crippen LogP contribution in [0.1, 0.15) is 11.1 Å². The highest BCUT2D eigenvalue weighted by Crippen LogP contribution is 2.29. The summed E-state index contributed by atoms with van der Waals surface area (Å²) in [6, 6.07) is 4.00. The van der Waals surface area contributed by atoms with E-state index in [1.165, 1.54) is 18.2 Å². The Morgan fingerprint density at radius 2 is 1.94 bits per heavy atom. The molecule has 0 saturated heterocycles. The van der Waals surface area contributed by atoms with Crippen LogP contribution in [0.3, 0.4) is 0 Å². The van der Waals surface area contributed by atoms with Gasteiger partial charge in [-0.3, -0.25) is 0 Å². The number of fused-ring (bicyclic) bond motifs is 1. The molecule has 3 nitrogen and oxygen atoms in total. The van der Waals surface area contributed by atoms with Gasteiger partial charge in [-0.2, -0.15) is 21.6 Å². The van der Waals surface area contributed by atoms with Gasteiger partial charge in [0.05, 0.1) is 0 Å². The zero-order valence-electron chi connectivity index (χ0n) is 8.36. The summed E-state index contributed by atoms with van der Waals surface area (Å²) < 4.78 is 61.7. The van der Waals surface area contributed by atoms with Gasteiger partial charge in [-0.25, -0.2) is 0 Å². The molecular formula is C10H7F3O3S. The Bertz CT molecular complexity index is 573. The molecule has 0 N–H and O–H groups in total. The van der Waals surface area contributed by atoms with Gasteiger partial charge in [-0.05, 0) is 29.7 Å². The summed E-state index contributed by atoms with van der Waals surface area (Å²) in [5.74, 6) is -0.329. The largest absolute Gasteiger partial charge is 0.534 e. The van der Waals surface area contributed by atoms with Crippen molar-refractivity contribution in [2.24, 2.45) is 0 Å². The molecular weight excluding hydrogens is 257 g/mol. The molecule has 0 heterocycles. The number of halogens is 3. The van der Waals surface area contributed by atoms with Gasteiger partial charge in [0.25, 0.3) is 0 Å². The first-order chi connectivity index (χ1) is 7.79. The van der Waals surface area contributed by atoms with Crippen molar-refractivity contribution in [1.29, 1.82) is 0 Å². The summed E-state index contributed by atoms with van der Waals surface area (Å²) in [7, 11) is -5.59. The fourth-order valence-corrected chi connectivity index (χ4v) is 1.91. The fraction of sp³-hybridized carbons (Fsp3) is 0.200. The second-order valence-corrected chi connectivity index (χ2v) is 4.99. The highest BCUT2D eigenvalue weighted by molar-refractivity contribution is 7.87. The van der Waals surface area contributed by atoms with Crippen LogP contribution in [0.15, 0.2) is 24.3 Å². The number of hydrogen-bond donors (Lipinski definition) is 0. The predicted octanol–water partition coefficient (Wildman–Crippen LogP) is 2.48. The van der Waals surface area contributed by atoms with Crippen LogP contribution in [0.5, 0.6) is 5.75 Å². The van der Waals surface area contributed by atoms with Crippen LogP contribution in [-0.2, 0) is 16.5 Å². The molecule has 7 heteroatoms. The number of rotatable bonds is 2. The lowest BCUT2D eigenvalue weighted by Gasteiger charge is -2.10. The highest BCUT2D eigenvalue weighted by atomic mass is 32.2. The minimum atomic E-state index is -5.59. The van der Waals surface area contributed by atoms with Crippen molar-refractivity contribution >= 4 is 16.2 Å². The monoisotopic (exact) mass is 264 g/mol. The Labute approximate surface area is 95.6 Å². The Morgan fingerprint density at radius 1 is 1.24 bits per heavy atom. The third kappa shape index (κ3) is 2.28. The van der Waals surface area contributed by atoms with Crippen molar-refractivity contribution in [3.8, 4) is 5.75 Å². The molecule has 0 atom stereocenters. The van der Waals surface area contributed by atoms with E-state index in [9.17, 15) is 21.6 Å². The van der Waals surface area contributed by atoms with Gasteiger partial charge in [-0.15, -0.1) is 0 Å². The molecule has 2 rings (SSSR count). The Hall–Kier alpha value is -1.50. The molecule has 0 saturated carbocycles. The molecule has 0 spiro atoms. The highest BCUT2D eigenvalue weighted by Gasteiger charge is 2.48. The zero-order valence-corrected chi connectivity index (χ0v) is 9.18. The van der Waals surface area contributed by atoms with Gasteiger partial charge in [-0.1, -0.05) is 18.2 Å². The van der Waals surface area contributed by atoms with E-state index < -0.39 is 15.6 Å². The SMILES string of the molecule is O=S(=O)(Oc1ccc2c(c1)CC=C2)C(F)(F)F. The molecule has 1 aliphatic rings. The van der Waals surface area contributed by atoms with Crippen molar-refractivity contribution in [2.75, 3.05) is 0 Å². The normalized spacial score (nSPS) is 14.8. The molecule has 0 unspecified atom stereocenters. The molecule has 92 valence electrons. The van der Waals surface area contributed by atoms with Gasteiger partial charge in [0.15, 0.2) is 0 Å². The van der Waals surface area contributed by atoms with Gasteiger partial charge in [0, 0.05) is 0 Å². The van der Waals surface area contributed by atoms with E-state index >= 15 is 0 Å². The molecule has 0 amide bonds. The molecule has 0 fully saturated rings. The van der Waals surface area contributed by atoms with Crippen molar-refractivity contribution in [3.05, 3.63) is 35.4 Å². The van der Waals surface area contributed by atoms with E-state index in [2.05, 4.69) is 4.18 Å². The molecule has 1 aromatic carbocycles. The smallest absolute Gasteiger partial charge is 0.376 e. The maximum atomic E-state index is 12.1. The Kier molecular flexibility index (Phi) is 2.65. The number of alkyl halides is 3. The molecule has 0 bridgehead atoms. The second kappa shape index (κ2) is 3.76. The zero-order chi connectivity index (χ0) is 12.7. The number of benzene rings is 1. The van der Waals surface area contributed by atoms with E-state index in [-0.39, 0.29) is 5.75 Å². The minimum Gasteiger partial charge on any atom is -0.376 e. The van der Waals surface area contributed by atoms with E-state index in [0.717, 1.165) is 11.1 Å². The van der Waals surface area contributed by atoms with Gasteiger partial charge in [0.1, 0.15) is 5.75 Å². The van der Waals surface area contributed by atoms with Crippen LogP contribution in [0.25, 0.3) is 6.08 Å². The summed E-state index contributed by atoms with van der Waals surface area (Å²) in [5.41, 5.74) is -3.83. The first-order valence-corrected chi connectivity index (χ1v) is 6.01. The van der Waals surface area contributed by atoms with Crippen molar-refractivity contribution in [1.82, 2.24) is 0 Å². The van der Waals surface area contributed by atoms with E-state index in [1.54, 1.807) is 6.08 Å². The average Bonchev–Trinajstić information content (AvgIpc) is 2.62. The predicted molar refractivity (Wildman–Crippen MR) is 54.8 cm³/mol. The number of hydrogen-bond acceptors (Lipinski definition) is 3.